The molecule has 0 aliphatic carbocycles. The zero-order valence-corrected chi connectivity index (χ0v) is 16.3. The summed E-state index contributed by atoms with van der Waals surface area (Å²) in [5, 5.41) is 29.8. The van der Waals surface area contributed by atoms with Gasteiger partial charge in [-0.25, -0.2) is 4.79 Å². The fourth-order valence-electron chi connectivity index (χ4n) is 2.97. The van der Waals surface area contributed by atoms with Crippen molar-refractivity contribution >= 4 is 17.6 Å². The Hall–Kier alpha value is -3.38. The third-order valence-corrected chi connectivity index (χ3v) is 4.80. The van der Waals surface area contributed by atoms with Crippen molar-refractivity contribution in [3.63, 3.8) is 0 Å². The zero-order chi connectivity index (χ0) is 21.0. The van der Waals surface area contributed by atoms with Gasteiger partial charge in [0.1, 0.15) is 34.3 Å². The van der Waals surface area contributed by atoms with E-state index in [1.165, 1.54) is 19.2 Å². The van der Waals surface area contributed by atoms with Crippen molar-refractivity contribution in [1.29, 1.82) is 0 Å². The number of ether oxygens (including phenoxy) is 2. The lowest BCUT2D eigenvalue weighted by Crippen LogP contribution is -2.08. The van der Waals surface area contributed by atoms with Crippen LogP contribution in [0.2, 0.25) is 5.02 Å². The number of phenolic OH excluding ortho intramolecular Hbond substituents is 3. The predicted octanol–water partition coefficient (Wildman–Crippen LogP) is 4.82. The van der Waals surface area contributed by atoms with Gasteiger partial charge in [0, 0.05) is 12.1 Å². The van der Waals surface area contributed by atoms with Crippen LogP contribution in [0.5, 0.6) is 28.7 Å². The monoisotopic (exact) mass is 414 g/mol. The molecule has 0 fully saturated rings. The van der Waals surface area contributed by atoms with Crippen molar-refractivity contribution in [3.8, 4) is 28.7 Å². The van der Waals surface area contributed by atoms with E-state index in [1.54, 1.807) is 18.2 Å². The molecule has 0 aromatic heterocycles. The highest BCUT2D eigenvalue weighted by atomic mass is 35.5. The number of halogens is 1. The molecule has 0 radical (unpaired) electrons. The Morgan fingerprint density at radius 2 is 1.69 bits per heavy atom. The quantitative estimate of drug-likeness (QED) is 0.500. The highest BCUT2D eigenvalue weighted by molar-refractivity contribution is 6.33. The predicted molar refractivity (Wildman–Crippen MR) is 108 cm³/mol. The number of esters is 1. The van der Waals surface area contributed by atoms with Crippen LogP contribution in [0.3, 0.4) is 0 Å². The van der Waals surface area contributed by atoms with Crippen LogP contribution < -0.4 is 4.74 Å². The highest BCUT2D eigenvalue weighted by Gasteiger charge is 2.23. The van der Waals surface area contributed by atoms with E-state index < -0.39 is 11.7 Å². The second kappa shape index (κ2) is 8.75. The number of aryl methyl sites for hydroxylation is 1. The number of phenols is 3. The third kappa shape index (κ3) is 4.55. The summed E-state index contributed by atoms with van der Waals surface area (Å²) in [6.07, 6.45) is 0.566. The summed E-state index contributed by atoms with van der Waals surface area (Å²) in [6.45, 7) is 0. The molecule has 150 valence electrons. The van der Waals surface area contributed by atoms with Crippen molar-refractivity contribution in [2.75, 3.05) is 7.11 Å². The number of carbonyl (C=O) groups is 1. The zero-order valence-electron chi connectivity index (χ0n) is 15.6. The molecule has 3 rings (SSSR count). The van der Waals surface area contributed by atoms with Gasteiger partial charge in [-0.15, -0.1) is 0 Å². The lowest BCUT2D eigenvalue weighted by molar-refractivity contribution is 0.0596. The van der Waals surface area contributed by atoms with E-state index >= 15 is 0 Å². The number of hydrogen-bond donors (Lipinski definition) is 3. The van der Waals surface area contributed by atoms with Crippen LogP contribution >= 0.6 is 11.6 Å². The van der Waals surface area contributed by atoms with Crippen LogP contribution in [0.25, 0.3) is 0 Å². The minimum absolute atomic E-state index is 0.0347. The topological polar surface area (TPSA) is 96.2 Å². The number of rotatable bonds is 6. The molecule has 0 bridgehead atoms. The van der Waals surface area contributed by atoms with Gasteiger partial charge < -0.3 is 24.8 Å². The van der Waals surface area contributed by atoms with Gasteiger partial charge in [-0.3, -0.25) is 0 Å². The Morgan fingerprint density at radius 3 is 2.38 bits per heavy atom. The molecule has 3 aromatic rings. The van der Waals surface area contributed by atoms with E-state index in [0.717, 1.165) is 11.6 Å². The van der Waals surface area contributed by atoms with Gasteiger partial charge in [0.05, 0.1) is 12.1 Å². The number of methoxy groups -OCH3 is 1. The van der Waals surface area contributed by atoms with E-state index in [-0.39, 0.29) is 34.1 Å². The molecule has 3 aromatic carbocycles. The summed E-state index contributed by atoms with van der Waals surface area (Å²) < 4.78 is 10.6. The van der Waals surface area contributed by atoms with E-state index in [1.807, 2.05) is 18.2 Å². The molecule has 0 amide bonds. The Bertz CT molecular complexity index is 1030. The van der Waals surface area contributed by atoms with Crippen molar-refractivity contribution in [3.05, 3.63) is 76.3 Å². The first-order valence-electron chi connectivity index (χ1n) is 8.77. The molecule has 29 heavy (non-hydrogen) atoms. The molecule has 0 heterocycles. The summed E-state index contributed by atoms with van der Waals surface area (Å²) in [5.41, 5.74) is 0.899. The molecule has 0 spiro atoms. The van der Waals surface area contributed by atoms with Crippen LogP contribution in [0.4, 0.5) is 0 Å². The fraction of sp³-hybridized carbons (Fsp3) is 0.136. The van der Waals surface area contributed by atoms with E-state index in [4.69, 9.17) is 21.1 Å². The Balaban J connectivity index is 1.94. The normalized spacial score (nSPS) is 10.6. The number of aromatic hydroxyl groups is 3. The average Bonchev–Trinajstić information content (AvgIpc) is 2.71. The fourth-order valence-corrected chi connectivity index (χ4v) is 3.21. The first kappa shape index (κ1) is 20.4. The molecule has 0 aliphatic rings. The van der Waals surface area contributed by atoms with Gasteiger partial charge in [-0.2, -0.15) is 0 Å². The van der Waals surface area contributed by atoms with E-state index in [0.29, 0.717) is 17.9 Å². The summed E-state index contributed by atoms with van der Waals surface area (Å²) in [5.74, 6) is -0.425. The largest absolute Gasteiger partial charge is 0.508 e. The molecular formula is C22H19ClO6. The maximum atomic E-state index is 12.1. The number of para-hydroxylation sites is 1. The SMILES string of the molecule is COC(=O)c1c(O)cc(O)c(Cl)c1CCc1ccc(O)cc1Oc1ccccc1. The van der Waals surface area contributed by atoms with Crippen LogP contribution in [-0.2, 0) is 17.6 Å². The maximum absolute atomic E-state index is 12.1. The molecule has 0 saturated carbocycles. The molecular weight excluding hydrogens is 396 g/mol. The maximum Gasteiger partial charge on any atom is 0.341 e. The lowest BCUT2D eigenvalue weighted by Gasteiger charge is -2.15. The summed E-state index contributed by atoms with van der Waals surface area (Å²) in [6, 6.07) is 14.8. The van der Waals surface area contributed by atoms with Crippen LogP contribution in [-0.4, -0.2) is 28.4 Å². The smallest absolute Gasteiger partial charge is 0.341 e. The number of carbonyl (C=O) groups excluding carboxylic acids is 1. The molecule has 0 aliphatic heterocycles. The third-order valence-electron chi connectivity index (χ3n) is 4.38. The second-order valence-electron chi connectivity index (χ2n) is 6.28. The van der Waals surface area contributed by atoms with Crippen LogP contribution in [0, 0.1) is 0 Å². The summed E-state index contributed by atoms with van der Waals surface area (Å²) in [4.78, 5) is 12.1. The molecule has 0 unspecified atom stereocenters. The highest BCUT2D eigenvalue weighted by Crippen LogP contribution is 2.38. The van der Waals surface area contributed by atoms with Gasteiger partial charge in [0.15, 0.2) is 0 Å². The average molecular weight is 415 g/mol. The van der Waals surface area contributed by atoms with Crippen molar-refractivity contribution in [2.24, 2.45) is 0 Å². The van der Waals surface area contributed by atoms with Gasteiger partial charge in [0.2, 0.25) is 0 Å². The van der Waals surface area contributed by atoms with Crippen LogP contribution in [0.15, 0.2) is 54.6 Å². The van der Waals surface area contributed by atoms with Gasteiger partial charge in [0.25, 0.3) is 0 Å². The molecule has 6 nitrogen and oxygen atoms in total. The second-order valence-corrected chi connectivity index (χ2v) is 6.66. The van der Waals surface area contributed by atoms with Gasteiger partial charge in [-0.1, -0.05) is 35.9 Å². The van der Waals surface area contributed by atoms with E-state index in [9.17, 15) is 20.1 Å². The molecule has 7 heteroatoms. The molecule has 3 N–H and O–H groups in total. The van der Waals surface area contributed by atoms with Crippen LogP contribution in [0.1, 0.15) is 21.5 Å². The number of hydrogen-bond acceptors (Lipinski definition) is 6. The summed E-state index contributed by atoms with van der Waals surface area (Å²) >= 11 is 6.19. The first-order chi connectivity index (χ1) is 13.9. The molecule has 0 saturated heterocycles. The van der Waals surface area contributed by atoms with E-state index in [2.05, 4.69) is 0 Å². The minimum atomic E-state index is -0.758. The number of benzene rings is 3. The summed E-state index contributed by atoms with van der Waals surface area (Å²) in [7, 11) is 1.19. The Labute approximate surface area is 172 Å². The minimum Gasteiger partial charge on any atom is -0.508 e. The van der Waals surface area contributed by atoms with Gasteiger partial charge >= 0.3 is 5.97 Å². The molecule has 0 atom stereocenters. The Kier molecular flexibility index (Phi) is 6.14. The van der Waals surface area contributed by atoms with Gasteiger partial charge in [-0.05, 0) is 42.2 Å². The Morgan fingerprint density at radius 1 is 0.966 bits per heavy atom. The van der Waals surface area contributed by atoms with Crippen molar-refractivity contribution in [2.45, 2.75) is 12.8 Å². The lowest BCUT2D eigenvalue weighted by atomic mass is 9.97. The first-order valence-corrected chi connectivity index (χ1v) is 9.15. The van der Waals surface area contributed by atoms with Crippen molar-refractivity contribution < 1.29 is 29.6 Å². The standard InChI is InChI=1S/C22H19ClO6/c1-28-22(27)20-16(21(23)18(26)12-17(20)25)10-8-13-7-9-14(24)11-19(13)29-15-5-3-2-4-6-15/h2-7,9,11-12,24-26H,8,10H2,1H3. The van der Waals surface area contributed by atoms with Crippen molar-refractivity contribution in [1.82, 2.24) is 0 Å².